The third kappa shape index (κ3) is 6.13. The zero-order valence-corrected chi connectivity index (χ0v) is 22.6. The highest BCUT2D eigenvalue weighted by Crippen LogP contribution is 2.40. The summed E-state index contributed by atoms with van der Waals surface area (Å²) < 4.78 is 18.1. The maximum Gasteiger partial charge on any atom is 0.326 e. The number of carbonyl (C=O) groups is 2. The molecule has 210 valence electrons. The van der Waals surface area contributed by atoms with Gasteiger partial charge in [0.05, 0.1) is 19.3 Å². The van der Waals surface area contributed by atoms with Gasteiger partial charge in [-0.1, -0.05) is 66.7 Å². The average molecular weight is 546 g/mol. The predicted octanol–water partition coefficient (Wildman–Crippen LogP) is 4.67. The van der Waals surface area contributed by atoms with Crippen molar-refractivity contribution in [2.45, 2.75) is 69.6 Å². The Labute approximate surface area is 234 Å². The van der Waals surface area contributed by atoms with Gasteiger partial charge in [-0.25, -0.2) is 4.79 Å². The zero-order valence-electron chi connectivity index (χ0n) is 22.6. The largest absolute Gasteiger partial charge is 0.493 e. The number of benzene rings is 3. The van der Waals surface area contributed by atoms with Crippen LogP contribution >= 0.6 is 0 Å². The van der Waals surface area contributed by atoms with Gasteiger partial charge in [-0.15, -0.1) is 0 Å². The van der Waals surface area contributed by atoms with Crippen LogP contribution in [0.25, 0.3) is 0 Å². The number of carboxylic acids is 1. The van der Waals surface area contributed by atoms with Crippen LogP contribution in [0, 0.1) is 0 Å². The molecule has 3 aromatic carbocycles. The summed E-state index contributed by atoms with van der Waals surface area (Å²) in [6.45, 7) is 0.404. The van der Waals surface area contributed by atoms with Crippen LogP contribution in [-0.4, -0.2) is 52.3 Å². The summed E-state index contributed by atoms with van der Waals surface area (Å²) in [5.74, 6) is -0.469. The van der Waals surface area contributed by atoms with Crippen molar-refractivity contribution in [3.05, 3.63) is 95.1 Å². The van der Waals surface area contributed by atoms with Crippen molar-refractivity contribution in [3.63, 3.8) is 0 Å². The molecule has 8 heteroatoms. The van der Waals surface area contributed by atoms with Gasteiger partial charge in [0.25, 0.3) is 5.91 Å². The monoisotopic (exact) mass is 545 g/mol. The SMILES string of the molecule is COc1ccc2c(c1OCc1ccccc1)C[C@H](C(=O)O)N(C(=O)[C@@H](OC1CCC(O)CC1)c1ccccc1)C2. The van der Waals surface area contributed by atoms with Crippen LogP contribution in [-0.2, 0) is 33.9 Å². The maximum atomic E-state index is 14.1. The molecule has 2 N–H and O–H groups in total. The van der Waals surface area contributed by atoms with Gasteiger partial charge < -0.3 is 29.3 Å². The highest BCUT2D eigenvalue weighted by Gasteiger charge is 2.41. The third-order valence-corrected chi connectivity index (χ3v) is 7.75. The lowest BCUT2D eigenvalue weighted by molar-refractivity contribution is -0.161. The summed E-state index contributed by atoms with van der Waals surface area (Å²) in [6, 6.07) is 21.5. The van der Waals surface area contributed by atoms with Crippen LogP contribution in [0.2, 0.25) is 0 Å². The predicted molar refractivity (Wildman–Crippen MR) is 148 cm³/mol. The minimum Gasteiger partial charge on any atom is -0.493 e. The second-order valence-corrected chi connectivity index (χ2v) is 10.4. The van der Waals surface area contributed by atoms with Gasteiger partial charge in [0.15, 0.2) is 17.6 Å². The first kappa shape index (κ1) is 27.7. The number of ether oxygens (including phenoxy) is 3. The molecule has 1 heterocycles. The van der Waals surface area contributed by atoms with Gasteiger partial charge in [-0.2, -0.15) is 0 Å². The molecule has 5 rings (SSSR count). The summed E-state index contributed by atoms with van der Waals surface area (Å²) >= 11 is 0. The fourth-order valence-corrected chi connectivity index (χ4v) is 5.55. The molecule has 0 spiro atoms. The number of fused-ring (bicyclic) bond motifs is 1. The number of amides is 1. The molecule has 3 aromatic rings. The molecule has 1 saturated carbocycles. The molecule has 0 unspecified atom stereocenters. The fraction of sp³-hybridized carbons (Fsp3) is 0.375. The molecule has 1 amide bonds. The number of carbonyl (C=O) groups excluding carboxylic acids is 1. The minimum atomic E-state index is -1.10. The average Bonchev–Trinajstić information content (AvgIpc) is 2.99. The number of aliphatic carboxylic acids is 1. The smallest absolute Gasteiger partial charge is 0.326 e. The van der Waals surface area contributed by atoms with Crippen LogP contribution in [0.4, 0.5) is 0 Å². The van der Waals surface area contributed by atoms with E-state index >= 15 is 0 Å². The molecule has 2 aliphatic rings. The highest BCUT2D eigenvalue weighted by atomic mass is 16.5. The summed E-state index contributed by atoms with van der Waals surface area (Å²) in [5, 5.41) is 20.2. The van der Waals surface area contributed by atoms with Gasteiger partial charge >= 0.3 is 5.97 Å². The lowest BCUT2D eigenvalue weighted by Gasteiger charge is -2.38. The molecule has 1 aliphatic carbocycles. The number of rotatable bonds is 9. The van der Waals surface area contributed by atoms with Crippen molar-refractivity contribution in [2.75, 3.05) is 7.11 Å². The molecule has 40 heavy (non-hydrogen) atoms. The molecule has 0 aromatic heterocycles. The maximum absolute atomic E-state index is 14.1. The second-order valence-electron chi connectivity index (χ2n) is 10.4. The number of nitrogens with zero attached hydrogens (tertiary/aromatic N) is 1. The topological polar surface area (TPSA) is 106 Å². The standard InChI is InChI=1S/C32H35NO7/c1-38-28-17-12-23-19-33(27(32(36)37)18-26(23)30(28)39-20-21-8-4-2-5-9-21)31(35)29(22-10-6-3-7-11-22)40-25-15-13-24(34)14-16-25/h2-12,17,24-25,27,29,34H,13-16,18-20H2,1H3,(H,36,37)/t24?,25?,27-,29+/m1/s1. The Morgan fingerprint density at radius 1 is 0.950 bits per heavy atom. The molecule has 0 saturated heterocycles. The van der Waals surface area contributed by atoms with Crippen molar-refractivity contribution in [3.8, 4) is 11.5 Å². The number of carboxylic acid groups (broad SMARTS) is 1. The number of hydrogen-bond acceptors (Lipinski definition) is 6. The molecule has 0 radical (unpaired) electrons. The Hall–Kier alpha value is -3.88. The second kappa shape index (κ2) is 12.5. The van der Waals surface area contributed by atoms with E-state index in [4.69, 9.17) is 14.2 Å². The van der Waals surface area contributed by atoms with E-state index in [0.29, 0.717) is 49.4 Å². The van der Waals surface area contributed by atoms with Crippen molar-refractivity contribution in [2.24, 2.45) is 0 Å². The molecule has 8 nitrogen and oxygen atoms in total. The quantitative estimate of drug-likeness (QED) is 0.402. The van der Waals surface area contributed by atoms with E-state index in [2.05, 4.69) is 0 Å². The van der Waals surface area contributed by atoms with Gasteiger partial charge in [0.1, 0.15) is 12.6 Å². The van der Waals surface area contributed by atoms with Gasteiger partial charge in [0, 0.05) is 18.5 Å². The van der Waals surface area contributed by atoms with E-state index in [1.54, 1.807) is 13.2 Å². The fourth-order valence-electron chi connectivity index (χ4n) is 5.55. The van der Waals surface area contributed by atoms with Crippen molar-refractivity contribution in [1.29, 1.82) is 0 Å². The highest BCUT2D eigenvalue weighted by molar-refractivity contribution is 5.88. The normalized spacial score (nSPS) is 21.2. The summed E-state index contributed by atoms with van der Waals surface area (Å²) in [6.07, 6.45) is 1.10. The molecular formula is C32H35NO7. The van der Waals surface area contributed by atoms with E-state index in [-0.39, 0.29) is 25.2 Å². The van der Waals surface area contributed by atoms with E-state index in [0.717, 1.165) is 16.7 Å². The van der Waals surface area contributed by atoms with Crippen molar-refractivity contribution < 1.29 is 34.0 Å². The molecule has 2 atom stereocenters. The van der Waals surface area contributed by atoms with E-state index in [1.165, 1.54) is 4.90 Å². The first-order valence-electron chi connectivity index (χ1n) is 13.7. The Kier molecular flexibility index (Phi) is 8.67. The van der Waals surface area contributed by atoms with Crippen LogP contribution in [0.5, 0.6) is 11.5 Å². The summed E-state index contributed by atoms with van der Waals surface area (Å²) in [7, 11) is 1.55. The summed E-state index contributed by atoms with van der Waals surface area (Å²) in [5.41, 5.74) is 3.19. The lowest BCUT2D eigenvalue weighted by atomic mass is 9.91. The lowest BCUT2D eigenvalue weighted by Crippen LogP contribution is -2.51. The first-order valence-corrected chi connectivity index (χ1v) is 13.7. The molecule has 1 aliphatic heterocycles. The van der Waals surface area contributed by atoms with Gasteiger partial charge in [-0.3, -0.25) is 4.79 Å². The van der Waals surface area contributed by atoms with Crippen molar-refractivity contribution >= 4 is 11.9 Å². The van der Waals surface area contributed by atoms with E-state index in [1.807, 2.05) is 66.7 Å². The summed E-state index contributed by atoms with van der Waals surface area (Å²) in [4.78, 5) is 28.1. The van der Waals surface area contributed by atoms with Gasteiger partial charge in [0.2, 0.25) is 0 Å². The number of aliphatic hydroxyl groups excluding tert-OH is 1. The Balaban J connectivity index is 1.44. The number of aliphatic hydroxyl groups is 1. The Morgan fingerprint density at radius 2 is 1.62 bits per heavy atom. The Morgan fingerprint density at radius 3 is 2.27 bits per heavy atom. The molecule has 1 fully saturated rings. The van der Waals surface area contributed by atoms with Crippen LogP contribution in [0.3, 0.4) is 0 Å². The first-order chi connectivity index (χ1) is 19.4. The van der Waals surface area contributed by atoms with Crippen LogP contribution < -0.4 is 9.47 Å². The minimum absolute atomic E-state index is 0.0782. The van der Waals surface area contributed by atoms with E-state index < -0.39 is 24.0 Å². The Bertz CT molecular complexity index is 1310. The number of methoxy groups -OCH3 is 1. The van der Waals surface area contributed by atoms with Crippen LogP contribution in [0.15, 0.2) is 72.8 Å². The number of hydrogen-bond donors (Lipinski definition) is 2. The zero-order chi connectivity index (χ0) is 28.1. The van der Waals surface area contributed by atoms with E-state index in [9.17, 15) is 19.8 Å². The third-order valence-electron chi connectivity index (χ3n) is 7.75. The van der Waals surface area contributed by atoms with Crippen molar-refractivity contribution in [1.82, 2.24) is 4.90 Å². The molecule has 0 bridgehead atoms. The van der Waals surface area contributed by atoms with Gasteiger partial charge in [-0.05, 0) is 48.4 Å². The molecular weight excluding hydrogens is 510 g/mol. The van der Waals surface area contributed by atoms with Crippen LogP contribution in [0.1, 0.15) is 54.0 Å².